The van der Waals surface area contributed by atoms with Crippen LogP contribution in [0.5, 0.6) is 5.75 Å². The Bertz CT molecular complexity index is 1050. The summed E-state index contributed by atoms with van der Waals surface area (Å²) >= 11 is 6.67. The van der Waals surface area contributed by atoms with Crippen molar-refractivity contribution in [2.75, 3.05) is 0 Å². The molecule has 24 heavy (non-hydrogen) atoms. The maximum absolute atomic E-state index is 12.2. The first-order valence-electron chi connectivity index (χ1n) is 7.15. The van der Waals surface area contributed by atoms with E-state index in [1.54, 1.807) is 6.07 Å². The highest BCUT2D eigenvalue weighted by atomic mass is 35.5. The topological polar surface area (TPSA) is 73.6 Å². The van der Waals surface area contributed by atoms with E-state index in [1.807, 2.05) is 6.92 Å². The largest absolute Gasteiger partial charge is 0.423 e. The lowest BCUT2D eigenvalue weighted by molar-refractivity contribution is 0.487. The molecule has 0 atom stereocenters. The molecule has 5 nitrogen and oxygen atoms in total. The van der Waals surface area contributed by atoms with Crippen molar-refractivity contribution < 1.29 is 17.0 Å². The predicted octanol–water partition coefficient (Wildman–Crippen LogP) is 4.23. The summed E-state index contributed by atoms with van der Waals surface area (Å²) in [5.41, 5.74) is 0.682. The fraction of sp³-hybridized carbons (Fsp3) is 0.188. The van der Waals surface area contributed by atoms with Gasteiger partial charge in [-0.05, 0) is 36.2 Å². The summed E-state index contributed by atoms with van der Waals surface area (Å²) in [5.74, 6) is 0.0730. The van der Waals surface area contributed by atoms with Crippen molar-refractivity contribution in [1.29, 1.82) is 0 Å². The molecular formula is C16H13ClO5S2. The van der Waals surface area contributed by atoms with Crippen LogP contribution in [0.2, 0.25) is 4.34 Å². The summed E-state index contributed by atoms with van der Waals surface area (Å²) in [6.45, 7) is 2.01. The molecule has 0 fully saturated rings. The van der Waals surface area contributed by atoms with E-state index in [-0.39, 0.29) is 9.96 Å². The fourth-order valence-corrected chi connectivity index (χ4v) is 4.71. The summed E-state index contributed by atoms with van der Waals surface area (Å²) in [7, 11) is -3.98. The quantitative estimate of drug-likeness (QED) is 0.486. The molecule has 0 bridgehead atoms. The smallest absolute Gasteiger partial charge is 0.348 e. The van der Waals surface area contributed by atoms with E-state index in [0.29, 0.717) is 9.92 Å². The monoisotopic (exact) mass is 384 g/mol. The van der Waals surface area contributed by atoms with E-state index in [9.17, 15) is 13.2 Å². The third-order valence-electron chi connectivity index (χ3n) is 3.32. The van der Waals surface area contributed by atoms with Crippen LogP contribution in [0, 0.1) is 0 Å². The van der Waals surface area contributed by atoms with Crippen LogP contribution in [0.25, 0.3) is 11.0 Å². The first-order chi connectivity index (χ1) is 11.4. The van der Waals surface area contributed by atoms with Gasteiger partial charge in [0.1, 0.15) is 11.3 Å². The summed E-state index contributed by atoms with van der Waals surface area (Å²) in [6, 6.07) is 8.95. The fourth-order valence-electron chi connectivity index (χ4n) is 2.34. The van der Waals surface area contributed by atoms with E-state index in [0.717, 1.165) is 35.1 Å². The summed E-state index contributed by atoms with van der Waals surface area (Å²) < 4.78 is 35.1. The molecule has 126 valence electrons. The molecule has 0 N–H and O–H groups in total. The van der Waals surface area contributed by atoms with E-state index >= 15 is 0 Å². The zero-order valence-electron chi connectivity index (χ0n) is 12.6. The standard InChI is InChI=1S/C16H13ClO5S2/c1-2-3-10-8-15(18)21-13-9-11(4-5-12(10)13)22-24(19,20)16-7-6-14(17)23-16/h4-9H,2-3H2,1H3. The van der Waals surface area contributed by atoms with Crippen molar-refractivity contribution in [3.05, 3.63) is 56.7 Å². The molecule has 0 amide bonds. The minimum Gasteiger partial charge on any atom is -0.423 e. The third-order valence-corrected chi connectivity index (χ3v) is 6.25. The zero-order valence-corrected chi connectivity index (χ0v) is 15.0. The first-order valence-corrected chi connectivity index (χ1v) is 9.76. The van der Waals surface area contributed by atoms with Gasteiger partial charge in [0.25, 0.3) is 0 Å². The van der Waals surface area contributed by atoms with Crippen LogP contribution in [0.3, 0.4) is 0 Å². The van der Waals surface area contributed by atoms with Gasteiger partial charge in [-0.3, -0.25) is 0 Å². The Morgan fingerprint density at radius 3 is 2.67 bits per heavy atom. The number of hydrogen-bond donors (Lipinski definition) is 0. The Kier molecular flexibility index (Phi) is 4.67. The zero-order chi connectivity index (χ0) is 17.3. The van der Waals surface area contributed by atoms with Crippen LogP contribution in [0.4, 0.5) is 0 Å². The third kappa shape index (κ3) is 3.48. The average Bonchev–Trinajstić information content (AvgIpc) is 2.94. The van der Waals surface area contributed by atoms with Gasteiger partial charge in [-0.1, -0.05) is 24.9 Å². The molecule has 8 heteroatoms. The molecule has 3 aromatic rings. The van der Waals surface area contributed by atoms with E-state index in [1.165, 1.54) is 30.3 Å². The minimum absolute atomic E-state index is 0.00813. The lowest BCUT2D eigenvalue weighted by Gasteiger charge is -2.08. The molecule has 0 aliphatic carbocycles. The SMILES string of the molecule is CCCc1cc(=O)oc2cc(OS(=O)(=O)c3ccc(Cl)s3)ccc12. The molecule has 0 spiro atoms. The molecule has 0 radical (unpaired) electrons. The van der Waals surface area contributed by atoms with Gasteiger partial charge in [0.2, 0.25) is 0 Å². The van der Waals surface area contributed by atoms with Crippen molar-refractivity contribution in [3.8, 4) is 5.75 Å². The molecule has 3 rings (SSSR count). The number of benzene rings is 1. The van der Waals surface area contributed by atoms with Crippen LogP contribution in [-0.4, -0.2) is 8.42 Å². The second-order valence-electron chi connectivity index (χ2n) is 5.09. The molecular weight excluding hydrogens is 372 g/mol. The van der Waals surface area contributed by atoms with E-state index in [2.05, 4.69) is 0 Å². The van der Waals surface area contributed by atoms with Gasteiger partial charge in [-0.15, -0.1) is 11.3 Å². The summed E-state index contributed by atoms with van der Waals surface area (Å²) in [6.07, 6.45) is 1.61. The first kappa shape index (κ1) is 17.0. The van der Waals surface area contributed by atoms with Crippen molar-refractivity contribution in [2.24, 2.45) is 0 Å². The van der Waals surface area contributed by atoms with E-state index < -0.39 is 15.7 Å². The number of rotatable bonds is 5. The van der Waals surface area contributed by atoms with Crippen molar-refractivity contribution in [1.82, 2.24) is 0 Å². The van der Waals surface area contributed by atoms with Crippen molar-refractivity contribution in [2.45, 2.75) is 24.0 Å². The number of fused-ring (bicyclic) bond motifs is 1. The maximum Gasteiger partial charge on any atom is 0.348 e. The highest BCUT2D eigenvalue weighted by Gasteiger charge is 2.19. The van der Waals surface area contributed by atoms with Gasteiger partial charge >= 0.3 is 15.7 Å². The Morgan fingerprint density at radius 1 is 1.21 bits per heavy atom. The Balaban J connectivity index is 2.01. The molecule has 0 unspecified atom stereocenters. The van der Waals surface area contributed by atoms with Crippen LogP contribution in [0.15, 0.2) is 49.8 Å². The van der Waals surface area contributed by atoms with Gasteiger partial charge in [-0.25, -0.2) is 4.79 Å². The molecule has 0 aliphatic heterocycles. The summed E-state index contributed by atoms with van der Waals surface area (Å²) in [4.78, 5) is 11.7. The predicted molar refractivity (Wildman–Crippen MR) is 93.6 cm³/mol. The number of hydrogen-bond acceptors (Lipinski definition) is 6. The molecule has 0 saturated heterocycles. The maximum atomic E-state index is 12.2. The lowest BCUT2D eigenvalue weighted by Crippen LogP contribution is -2.08. The molecule has 2 heterocycles. The Morgan fingerprint density at radius 2 is 2.00 bits per heavy atom. The molecule has 1 aromatic carbocycles. The molecule has 0 aliphatic rings. The highest BCUT2D eigenvalue weighted by molar-refractivity contribution is 7.89. The number of aryl methyl sites for hydroxylation is 1. The normalized spacial score (nSPS) is 11.8. The van der Waals surface area contributed by atoms with Gasteiger partial charge in [-0.2, -0.15) is 8.42 Å². The number of halogens is 1. The van der Waals surface area contributed by atoms with Gasteiger partial charge in [0, 0.05) is 17.5 Å². The van der Waals surface area contributed by atoms with Gasteiger partial charge in [0.15, 0.2) is 4.21 Å². The molecule has 2 aromatic heterocycles. The summed E-state index contributed by atoms with van der Waals surface area (Å²) in [5, 5.41) is 0.764. The second kappa shape index (κ2) is 6.58. The minimum atomic E-state index is -3.98. The van der Waals surface area contributed by atoms with Gasteiger partial charge < -0.3 is 8.60 Å². The van der Waals surface area contributed by atoms with Crippen LogP contribution < -0.4 is 9.81 Å². The van der Waals surface area contributed by atoms with Crippen LogP contribution >= 0.6 is 22.9 Å². The highest BCUT2D eigenvalue weighted by Crippen LogP contribution is 2.30. The van der Waals surface area contributed by atoms with E-state index in [4.69, 9.17) is 20.2 Å². The number of thiophene rings is 1. The lowest BCUT2D eigenvalue weighted by atomic mass is 10.1. The Labute approximate surface area is 147 Å². The Hall–Kier alpha value is -1.83. The average molecular weight is 385 g/mol. The van der Waals surface area contributed by atoms with Crippen LogP contribution in [-0.2, 0) is 16.5 Å². The van der Waals surface area contributed by atoms with Gasteiger partial charge in [0.05, 0.1) is 4.34 Å². The second-order valence-corrected chi connectivity index (χ2v) is 8.58. The molecule has 0 saturated carbocycles. The van der Waals surface area contributed by atoms with Crippen molar-refractivity contribution >= 4 is 44.0 Å². The van der Waals surface area contributed by atoms with Crippen molar-refractivity contribution in [3.63, 3.8) is 0 Å². The van der Waals surface area contributed by atoms with Crippen LogP contribution in [0.1, 0.15) is 18.9 Å².